The third kappa shape index (κ3) is 2.06. The fourth-order valence-electron chi connectivity index (χ4n) is 1.53. The molecule has 0 bridgehead atoms. The van der Waals surface area contributed by atoms with Crippen molar-refractivity contribution in [1.29, 1.82) is 0 Å². The van der Waals surface area contributed by atoms with Gasteiger partial charge in [-0.2, -0.15) is 13.2 Å². The lowest BCUT2D eigenvalue weighted by atomic mass is 10.1. The van der Waals surface area contributed by atoms with E-state index < -0.39 is 11.9 Å². The number of halogens is 3. The first-order valence-corrected chi connectivity index (χ1v) is 5.87. The van der Waals surface area contributed by atoms with Crippen LogP contribution in [0.5, 0.6) is 0 Å². The van der Waals surface area contributed by atoms with E-state index in [0.717, 1.165) is 22.7 Å². The Hall–Kier alpha value is -0.690. The molecule has 0 aromatic rings. The zero-order valence-corrected chi connectivity index (χ0v) is 9.98. The largest absolute Gasteiger partial charge is 0.440 e. The number of aliphatic hydroxyl groups is 1. The molecule has 7 heteroatoms. The maximum Gasteiger partial charge on any atom is 0.440 e. The molecule has 16 heavy (non-hydrogen) atoms. The van der Waals surface area contributed by atoms with Crippen molar-refractivity contribution >= 4 is 16.9 Å². The number of hydrogen-bond acceptors (Lipinski definition) is 4. The van der Waals surface area contributed by atoms with Crippen molar-refractivity contribution in [3.8, 4) is 0 Å². The molecule has 0 spiro atoms. The van der Waals surface area contributed by atoms with Gasteiger partial charge >= 0.3 is 6.18 Å². The molecule has 1 aliphatic rings. The highest BCUT2D eigenvalue weighted by molar-refractivity contribution is 8.13. The molecule has 0 aliphatic carbocycles. The molecular formula is C9H13F3N2OS. The van der Waals surface area contributed by atoms with Crippen LogP contribution in [0.2, 0.25) is 0 Å². The number of nitrogens with zero attached hydrogens (tertiary/aromatic N) is 2. The molecule has 1 atom stereocenters. The van der Waals surface area contributed by atoms with Crippen LogP contribution in [0.15, 0.2) is 16.8 Å². The van der Waals surface area contributed by atoms with Gasteiger partial charge < -0.3 is 10.0 Å². The average molecular weight is 254 g/mol. The summed E-state index contributed by atoms with van der Waals surface area (Å²) in [6.45, 7) is 3.00. The van der Waals surface area contributed by atoms with E-state index >= 15 is 0 Å². The summed E-state index contributed by atoms with van der Waals surface area (Å²) >= 11 is 1.08. The summed E-state index contributed by atoms with van der Waals surface area (Å²) in [6.07, 6.45) is -2.39. The number of rotatable bonds is 1. The molecule has 3 nitrogen and oxygen atoms in total. The molecule has 0 aromatic carbocycles. The molecule has 1 unspecified atom stereocenters. The molecule has 1 rings (SSSR count). The Labute approximate surface area is 96.0 Å². The van der Waals surface area contributed by atoms with Crippen LogP contribution >= 0.6 is 11.8 Å². The highest BCUT2D eigenvalue weighted by atomic mass is 32.2. The van der Waals surface area contributed by atoms with Crippen LogP contribution in [0.3, 0.4) is 0 Å². The Morgan fingerprint density at radius 2 is 2.12 bits per heavy atom. The molecule has 1 heterocycles. The average Bonchev–Trinajstić information content (AvgIpc) is 2.14. The van der Waals surface area contributed by atoms with Crippen LogP contribution in [-0.2, 0) is 0 Å². The summed E-state index contributed by atoms with van der Waals surface area (Å²) in [7, 11) is 0. The van der Waals surface area contributed by atoms with E-state index in [4.69, 9.17) is 0 Å². The Morgan fingerprint density at radius 3 is 2.50 bits per heavy atom. The Bertz CT molecular complexity index is 340. The number of alkyl halides is 3. The van der Waals surface area contributed by atoms with Gasteiger partial charge in [0.1, 0.15) is 0 Å². The van der Waals surface area contributed by atoms with Crippen LogP contribution in [0.1, 0.15) is 13.8 Å². The Balaban J connectivity index is 3.25. The van der Waals surface area contributed by atoms with Gasteiger partial charge in [0.25, 0.3) is 5.72 Å². The highest BCUT2D eigenvalue weighted by Gasteiger charge is 2.58. The van der Waals surface area contributed by atoms with Crippen molar-refractivity contribution in [3.05, 3.63) is 11.8 Å². The first-order chi connectivity index (χ1) is 7.26. The Morgan fingerprint density at radius 1 is 1.56 bits per heavy atom. The molecule has 0 radical (unpaired) electrons. The number of allylic oxidation sites excluding steroid dienone is 1. The fourth-order valence-corrected chi connectivity index (χ4v) is 2.25. The maximum atomic E-state index is 12.8. The third-order valence-electron chi connectivity index (χ3n) is 2.24. The lowest BCUT2D eigenvalue weighted by molar-refractivity contribution is -0.279. The first-order valence-electron chi connectivity index (χ1n) is 4.65. The number of amidine groups is 1. The van der Waals surface area contributed by atoms with Gasteiger partial charge in [-0.05, 0) is 26.2 Å². The normalized spacial score (nSPS) is 26.6. The fraction of sp³-hybridized carbons (Fsp3) is 0.667. The van der Waals surface area contributed by atoms with Crippen LogP contribution in [0.25, 0.3) is 0 Å². The van der Waals surface area contributed by atoms with E-state index in [-0.39, 0.29) is 17.4 Å². The van der Waals surface area contributed by atoms with Gasteiger partial charge in [0.15, 0.2) is 5.17 Å². The summed E-state index contributed by atoms with van der Waals surface area (Å²) in [5.41, 5.74) is -2.79. The lowest BCUT2D eigenvalue weighted by Gasteiger charge is -2.41. The predicted octanol–water partition coefficient (Wildman–Crippen LogP) is 2.20. The van der Waals surface area contributed by atoms with Crippen molar-refractivity contribution in [2.24, 2.45) is 4.99 Å². The van der Waals surface area contributed by atoms with E-state index in [1.54, 1.807) is 6.26 Å². The van der Waals surface area contributed by atoms with Crippen LogP contribution in [0.4, 0.5) is 13.2 Å². The Kier molecular flexibility index (Phi) is 3.59. The second-order valence-corrected chi connectivity index (χ2v) is 4.13. The van der Waals surface area contributed by atoms with Gasteiger partial charge in [0, 0.05) is 12.2 Å². The van der Waals surface area contributed by atoms with Crippen molar-refractivity contribution in [1.82, 2.24) is 4.90 Å². The van der Waals surface area contributed by atoms with E-state index in [0.29, 0.717) is 0 Å². The van der Waals surface area contributed by atoms with Crippen LogP contribution in [-0.4, -0.2) is 39.9 Å². The smallest absolute Gasteiger partial charge is 0.360 e. The molecule has 1 aliphatic heterocycles. The summed E-state index contributed by atoms with van der Waals surface area (Å²) in [5, 5.41) is 9.94. The number of likely N-dealkylation sites (N-methyl/N-ethyl adjacent to an activating group) is 1. The number of hydrogen-bond donors (Lipinski definition) is 1. The summed E-state index contributed by atoms with van der Waals surface area (Å²) in [5.74, 6) is 0. The first kappa shape index (κ1) is 13.4. The molecule has 0 aromatic heterocycles. The molecule has 0 saturated carbocycles. The summed E-state index contributed by atoms with van der Waals surface area (Å²) < 4.78 is 38.5. The zero-order chi connectivity index (χ0) is 12.6. The van der Waals surface area contributed by atoms with Gasteiger partial charge in [-0.3, -0.25) is 0 Å². The molecule has 92 valence electrons. The van der Waals surface area contributed by atoms with Crippen molar-refractivity contribution < 1.29 is 18.3 Å². The maximum absolute atomic E-state index is 12.8. The molecule has 0 saturated heterocycles. The van der Waals surface area contributed by atoms with Gasteiger partial charge in [0.2, 0.25) is 0 Å². The second kappa shape index (κ2) is 4.29. The SMILES string of the molecule is CCN1C(SC)=NC(C)=CC1(O)C(F)(F)F. The van der Waals surface area contributed by atoms with Gasteiger partial charge in [-0.1, -0.05) is 11.8 Å². The minimum Gasteiger partial charge on any atom is -0.360 e. The number of thioether (sulfide) groups is 1. The van der Waals surface area contributed by atoms with Crippen LogP contribution < -0.4 is 0 Å². The summed E-state index contributed by atoms with van der Waals surface area (Å²) in [6, 6.07) is 0. The van der Waals surface area contributed by atoms with Crippen LogP contribution in [0, 0.1) is 0 Å². The molecule has 0 amide bonds. The number of aliphatic imine (C=N–C) groups is 1. The van der Waals surface area contributed by atoms with E-state index in [1.807, 2.05) is 0 Å². The zero-order valence-electron chi connectivity index (χ0n) is 9.17. The predicted molar refractivity (Wildman–Crippen MR) is 58.1 cm³/mol. The topological polar surface area (TPSA) is 35.8 Å². The summed E-state index contributed by atoms with van der Waals surface area (Å²) in [4.78, 5) is 4.81. The molecule has 1 N–H and O–H groups in total. The van der Waals surface area contributed by atoms with Crippen molar-refractivity contribution in [3.63, 3.8) is 0 Å². The standard InChI is InChI=1S/C9H13F3N2OS/c1-4-14-7(16-3)13-6(2)5-8(14,15)9(10,11)12/h5,15H,4H2,1-3H3. The van der Waals surface area contributed by atoms with E-state index in [9.17, 15) is 18.3 Å². The minimum atomic E-state index is -4.75. The monoisotopic (exact) mass is 254 g/mol. The van der Waals surface area contributed by atoms with Crippen molar-refractivity contribution in [2.45, 2.75) is 25.7 Å². The molecular weight excluding hydrogens is 241 g/mol. The quantitative estimate of drug-likeness (QED) is 0.779. The molecule has 0 fully saturated rings. The third-order valence-corrected chi connectivity index (χ3v) is 2.92. The van der Waals surface area contributed by atoms with Crippen molar-refractivity contribution in [2.75, 3.05) is 12.8 Å². The van der Waals surface area contributed by atoms with Gasteiger partial charge in [0.05, 0.1) is 0 Å². The van der Waals surface area contributed by atoms with E-state index in [1.165, 1.54) is 13.8 Å². The lowest BCUT2D eigenvalue weighted by Crippen LogP contribution is -2.60. The second-order valence-electron chi connectivity index (χ2n) is 3.35. The highest BCUT2D eigenvalue weighted by Crippen LogP contribution is 2.39. The van der Waals surface area contributed by atoms with Gasteiger partial charge in [-0.15, -0.1) is 0 Å². The van der Waals surface area contributed by atoms with E-state index in [2.05, 4.69) is 4.99 Å². The minimum absolute atomic E-state index is 0.0272. The van der Waals surface area contributed by atoms with Gasteiger partial charge in [-0.25, -0.2) is 4.99 Å².